The second kappa shape index (κ2) is 13.1. The summed E-state index contributed by atoms with van der Waals surface area (Å²) in [7, 11) is -2.81. The standard InChI is InChI=1S/C28H27Cl3N4O7S/c1-28(8-3-9-35(28)43(40,41)20-12-17(29)11-18(30)13-20)27(39)34-22(26(37)38)10-16-4-6-19(7-5-16)33-25(36)24-21(31)14-32-15-23(24)42-2/h4-7,11-15,22H,3,8-10H2,1-2H3,(H,33,36)(H,34,39)(H,37,38)/t22-,28-/m0/s1. The minimum absolute atomic E-state index is 0.0535. The minimum Gasteiger partial charge on any atom is -0.494 e. The van der Waals surface area contributed by atoms with Crippen molar-refractivity contribution >= 4 is 68.3 Å². The molecule has 1 aromatic heterocycles. The first-order valence-corrected chi connectivity index (χ1v) is 15.4. The van der Waals surface area contributed by atoms with Crippen molar-refractivity contribution in [2.24, 2.45) is 0 Å². The number of halogens is 3. The molecule has 228 valence electrons. The number of aromatic nitrogens is 1. The summed E-state index contributed by atoms with van der Waals surface area (Å²) in [6.45, 7) is 1.51. The van der Waals surface area contributed by atoms with Crippen LogP contribution in [0.3, 0.4) is 0 Å². The topological polar surface area (TPSA) is 155 Å². The summed E-state index contributed by atoms with van der Waals surface area (Å²) in [4.78, 5) is 42.1. The van der Waals surface area contributed by atoms with Gasteiger partial charge in [0, 0.05) is 34.9 Å². The fourth-order valence-electron chi connectivity index (χ4n) is 4.81. The Morgan fingerprint density at radius 1 is 1.09 bits per heavy atom. The summed E-state index contributed by atoms with van der Waals surface area (Å²) in [6, 6.07) is 8.84. The van der Waals surface area contributed by atoms with E-state index in [1.165, 1.54) is 44.6 Å². The molecule has 0 radical (unpaired) electrons. The molecule has 1 saturated heterocycles. The monoisotopic (exact) mass is 668 g/mol. The third kappa shape index (κ3) is 7.05. The van der Waals surface area contributed by atoms with Gasteiger partial charge in [-0.1, -0.05) is 46.9 Å². The van der Waals surface area contributed by atoms with Crippen LogP contribution >= 0.6 is 34.8 Å². The second-order valence-corrected chi connectivity index (χ2v) is 13.1. The summed E-state index contributed by atoms with van der Waals surface area (Å²) in [5, 5.41) is 15.4. The van der Waals surface area contributed by atoms with Gasteiger partial charge in [0.25, 0.3) is 5.91 Å². The van der Waals surface area contributed by atoms with Gasteiger partial charge in [0.15, 0.2) is 5.75 Å². The van der Waals surface area contributed by atoms with Crippen LogP contribution in [0.2, 0.25) is 15.1 Å². The minimum atomic E-state index is -4.19. The lowest BCUT2D eigenvalue weighted by Crippen LogP contribution is -2.58. The first-order chi connectivity index (χ1) is 20.3. The lowest BCUT2D eigenvalue weighted by atomic mass is 9.97. The molecule has 4 rings (SSSR count). The number of benzene rings is 2. The Labute approximate surface area is 263 Å². The van der Waals surface area contributed by atoms with E-state index in [9.17, 15) is 27.9 Å². The Bertz CT molecular complexity index is 1650. The van der Waals surface area contributed by atoms with Crippen molar-refractivity contribution in [2.45, 2.75) is 42.7 Å². The normalized spacial score (nSPS) is 17.7. The molecule has 2 heterocycles. The van der Waals surface area contributed by atoms with Gasteiger partial charge >= 0.3 is 5.97 Å². The number of hydrogen-bond donors (Lipinski definition) is 3. The maximum Gasteiger partial charge on any atom is 0.326 e. The van der Waals surface area contributed by atoms with Crippen molar-refractivity contribution in [3.8, 4) is 5.75 Å². The Morgan fingerprint density at radius 3 is 2.35 bits per heavy atom. The number of pyridine rings is 1. The number of hydrogen-bond acceptors (Lipinski definition) is 7. The molecule has 2 atom stereocenters. The fourth-order valence-corrected chi connectivity index (χ4v) is 7.59. The van der Waals surface area contributed by atoms with Crippen LogP contribution in [-0.2, 0) is 26.0 Å². The van der Waals surface area contributed by atoms with E-state index in [0.29, 0.717) is 17.7 Å². The quantitative estimate of drug-likeness (QED) is 0.282. The highest BCUT2D eigenvalue weighted by molar-refractivity contribution is 7.89. The van der Waals surface area contributed by atoms with Crippen molar-refractivity contribution in [1.29, 1.82) is 0 Å². The summed E-state index contributed by atoms with van der Waals surface area (Å²) < 4.78 is 33.2. The molecule has 0 unspecified atom stereocenters. The zero-order valence-electron chi connectivity index (χ0n) is 22.9. The van der Waals surface area contributed by atoms with Gasteiger partial charge in [0.1, 0.15) is 17.1 Å². The molecule has 1 aliphatic rings. The number of methoxy groups -OCH3 is 1. The van der Waals surface area contributed by atoms with E-state index < -0.39 is 39.4 Å². The molecular formula is C28H27Cl3N4O7S. The van der Waals surface area contributed by atoms with E-state index in [1.54, 1.807) is 24.3 Å². The highest BCUT2D eigenvalue weighted by Crippen LogP contribution is 2.36. The van der Waals surface area contributed by atoms with Gasteiger partial charge in [-0.3, -0.25) is 14.6 Å². The molecule has 2 amide bonds. The van der Waals surface area contributed by atoms with Crippen LogP contribution in [0.15, 0.2) is 59.8 Å². The zero-order chi connectivity index (χ0) is 31.5. The Balaban J connectivity index is 1.48. The number of anilines is 1. The average molecular weight is 670 g/mol. The van der Waals surface area contributed by atoms with Crippen molar-refractivity contribution < 1.29 is 32.6 Å². The summed E-state index contributed by atoms with van der Waals surface area (Å²) in [6.07, 6.45) is 3.14. The maximum atomic E-state index is 13.5. The largest absolute Gasteiger partial charge is 0.494 e. The molecule has 1 aliphatic heterocycles. The zero-order valence-corrected chi connectivity index (χ0v) is 26.0. The fraction of sp³-hybridized carbons (Fsp3) is 0.286. The van der Waals surface area contributed by atoms with Crippen LogP contribution in [-0.4, -0.2) is 65.8 Å². The van der Waals surface area contributed by atoms with E-state index in [0.717, 1.165) is 4.31 Å². The maximum absolute atomic E-state index is 13.5. The number of amides is 2. The smallest absolute Gasteiger partial charge is 0.326 e. The predicted molar refractivity (Wildman–Crippen MR) is 161 cm³/mol. The van der Waals surface area contributed by atoms with Gasteiger partial charge in [0.2, 0.25) is 15.9 Å². The highest BCUT2D eigenvalue weighted by Gasteiger charge is 2.50. The average Bonchev–Trinajstić information content (AvgIpc) is 3.36. The first-order valence-electron chi connectivity index (χ1n) is 12.9. The first kappa shape index (κ1) is 32.5. The molecule has 2 aromatic carbocycles. The van der Waals surface area contributed by atoms with Crippen LogP contribution < -0.4 is 15.4 Å². The molecule has 0 saturated carbocycles. The lowest BCUT2D eigenvalue weighted by molar-refractivity contribution is -0.143. The number of ether oxygens (including phenoxy) is 1. The van der Waals surface area contributed by atoms with Crippen LogP contribution in [0.4, 0.5) is 5.69 Å². The van der Waals surface area contributed by atoms with Crippen LogP contribution in [0.1, 0.15) is 35.7 Å². The number of carboxylic acids is 1. The van der Waals surface area contributed by atoms with E-state index >= 15 is 0 Å². The summed E-state index contributed by atoms with van der Waals surface area (Å²) >= 11 is 18.1. The number of carbonyl (C=O) groups excluding carboxylic acids is 2. The van der Waals surface area contributed by atoms with Crippen molar-refractivity contribution in [3.63, 3.8) is 0 Å². The molecule has 3 N–H and O–H groups in total. The number of aliphatic carboxylic acids is 1. The van der Waals surface area contributed by atoms with Gasteiger partial charge in [-0.15, -0.1) is 0 Å². The number of rotatable bonds is 10. The number of nitrogens with one attached hydrogen (secondary N) is 2. The number of sulfonamides is 1. The summed E-state index contributed by atoms with van der Waals surface area (Å²) in [5.74, 6) is -2.39. The SMILES string of the molecule is COc1cncc(Cl)c1C(=O)Nc1ccc(C[C@H](NC(=O)[C@]2(C)CCCN2S(=O)(=O)c2cc(Cl)cc(Cl)c2)C(=O)O)cc1. The van der Waals surface area contributed by atoms with Crippen LogP contribution in [0, 0.1) is 0 Å². The van der Waals surface area contributed by atoms with Crippen molar-refractivity contribution in [2.75, 3.05) is 19.0 Å². The Kier molecular flexibility index (Phi) is 9.87. The molecule has 43 heavy (non-hydrogen) atoms. The third-order valence-electron chi connectivity index (χ3n) is 7.06. The molecule has 15 heteroatoms. The van der Waals surface area contributed by atoms with E-state index in [-0.39, 0.29) is 50.7 Å². The molecule has 0 aliphatic carbocycles. The van der Waals surface area contributed by atoms with E-state index in [2.05, 4.69) is 15.6 Å². The summed E-state index contributed by atoms with van der Waals surface area (Å²) in [5.41, 5.74) is -0.503. The van der Waals surface area contributed by atoms with Gasteiger partial charge in [-0.25, -0.2) is 13.2 Å². The van der Waals surface area contributed by atoms with Gasteiger partial charge < -0.3 is 20.5 Å². The number of carboxylic acid groups (broad SMARTS) is 1. The number of carbonyl (C=O) groups is 3. The van der Waals surface area contributed by atoms with Gasteiger partial charge in [-0.2, -0.15) is 4.31 Å². The molecule has 0 bridgehead atoms. The lowest BCUT2D eigenvalue weighted by Gasteiger charge is -2.34. The third-order valence-corrected chi connectivity index (χ3v) is 9.78. The highest BCUT2D eigenvalue weighted by atomic mass is 35.5. The molecule has 1 fully saturated rings. The molecule has 0 spiro atoms. The van der Waals surface area contributed by atoms with Crippen LogP contribution in [0.25, 0.3) is 0 Å². The number of nitrogens with zero attached hydrogens (tertiary/aromatic N) is 2. The molecule has 11 nitrogen and oxygen atoms in total. The van der Waals surface area contributed by atoms with Crippen molar-refractivity contribution in [1.82, 2.24) is 14.6 Å². The second-order valence-electron chi connectivity index (χ2n) is 9.98. The Hall–Kier alpha value is -3.42. The van der Waals surface area contributed by atoms with Crippen molar-refractivity contribution in [3.05, 3.63) is 81.1 Å². The van der Waals surface area contributed by atoms with Gasteiger partial charge in [0.05, 0.1) is 23.2 Å². The Morgan fingerprint density at radius 2 is 1.74 bits per heavy atom. The van der Waals surface area contributed by atoms with Gasteiger partial charge in [-0.05, 0) is 55.7 Å². The molecule has 3 aromatic rings. The van der Waals surface area contributed by atoms with E-state index in [1.807, 2.05) is 0 Å². The predicted octanol–water partition coefficient (Wildman–Crippen LogP) is 4.66. The van der Waals surface area contributed by atoms with Crippen LogP contribution in [0.5, 0.6) is 5.75 Å². The van der Waals surface area contributed by atoms with E-state index in [4.69, 9.17) is 39.5 Å². The molecular weight excluding hydrogens is 643 g/mol.